The maximum absolute atomic E-state index is 13.7. The predicted molar refractivity (Wildman–Crippen MR) is 119 cm³/mol. The molecule has 0 radical (unpaired) electrons. The highest BCUT2D eigenvalue weighted by molar-refractivity contribution is 7.98. The fourth-order valence-corrected chi connectivity index (χ4v) is 4.62. The quantitative estimate of drug-likeness (QED) is 0.422. The molecule has 2 aromatic rings. The highest BCUT2D eigenvalue weighted by Gasteiger charge is 2.21. The van der Waals surface area contributed by atoms with Crippen LogP contribution in [0, 0.1) is 5.82 Å². The van der Waals surface area contributed by atoms with Crippen LogP contribution in [0.1, 0.15) is 22.8 Å². The van der Waals surface area contributed by atoms with Crippen LogP contribution in [0.2, 0.25) is 5.02 Å². The molecule has 1 amide bonds. The van der Waals surface area contributed by atoms with Gasteiger partial charge < -0.3 is 5.32 Å². The van der Waals surface area contributed by atoms with E-state index in [4.69, 9.17) is 11.6 Å². The summed E-state index contributed by atoms with van der Waals surface area (Å²) in [5, 5.41) is 3.00. The first kappa shape index (κ1) is 24.2. The molecule has 2 rings (SSSR count). The molecular weight excluding hydrogens is 451 g/mol. The van der Waals surface area contributed by atoms with Crippen molar-refractivity contribution in [3.63, 3.8) is 0 Å². The summed E-state index contributed by atoms with van der Waals surface area (Å²) in [5.41, 5.74) is 0.998. The number of rotatable bonds is 10. The summed E-state index contributed by atoms with van der Waals surface area (Å²) in [6.45, 7) is 1.24. The van der Waals surface area contributed by atoms with E-state index in [-0.39, 0.29) is 23.8 Å². The maximum atomic E-state index is 13.7. The van der Waals surface area contributed by atoms with E-state index < -0.39 is 22.5 Å². The fraction of sp³-hybridized carbons (Fsp3) is 0.300. The molecule has 0 heterocycles. The van der Waals surface area contributed by atoms with E-state index in [1.54, 1.807) is 18.2 Å². The van der Waals surface area contributed by atoms with Crippen LogP contribution in [0.4, 0.5) is 10.1 Å². The SMILES string of the molecule is CC(=O)c1cccc(N(CC(=O)NCCSCc2c(F)cccc2Cl)S(C)(=O)=O)c1. The van der Waals surface area contributed by atoms with E-state index in [1.165, 1.54) is 43.0 Å². The molecule has 2 aromatic carbocycles. The van der Waals surface area contributed by atoms with Crippen LogP contribution in [-0.4, -0.2) is 45.2 Å². The topological polar surface area (TPSA) is 83.6 Å². The normalized spacial score (nSPS) is 11.2. The molecule has 162 valence electrons. The standard InChI is InChI=1S/C20H22ClFN2O4S2/c1-14(25)15-5-3-6-16(11-15)24(30(2,27)28)12-20(26)23-9-10-29-13-17-18(21)7-4-8-19(17)22/h3-8,11H,9-10,12-13H2,1-2H3,(H,23,26). The molecule has 1 N–H and O–H groups in total. The molecule has 0 saturated heterocycles. The highest BCUT2D eigenvalue weighted by atomic mass is 35.5. The Kier molecular flexibility index (Phi) is 8.69. The molecule has 6 nitrogen and oxygen atoms in total. The van der Waals surface area contributed by atoms with Gasteiger partial charge in [0.2, 0.25) is 15.9 Å². The Morgan fingerprint density at radius 1 is 1.20 bits per heavy atom. The number of nitrogens with one attached hydrogen (secondary N) is 1. The summed E-state index contributed by atoms with van der Waals surface area (Å²) in [4.78, 5) is 23.8. The minimum Gasteiger partial charge on any atom is -0.354 e. The van der Waals surface area contributed by atoms with Crippen molar-refractivity contribution in [3.8, 4) is 0 Å². The number of halogens is 2. The lowest BCUT2D eigenvalue weighted by Crippen LogP contribution is -2.41. The summed E-state index contributed by atoms with van der Waals surface area (Å²) in [6, 6.07) is 10.6. The Morgan fingerprint density at radius 3 is 2.53 bits per heavy atom. The maximum Gasteiger partial charge on any atom is 0.240 e. The molecule has 0 aliphatic heterocycles. The third-order valence-electron chi connectivity index (χ3n) is 4.10. The number of sulfonamides is 1. The molecule has 0 aliphatic rings. The molecule has 10 heteroatoms. The van der Waals surface area contributed by atoms with Gasteiger partial charge in [-0.2, -0.15) is 11.8 Å². The number of amides is 1. The molecule has 0 spiro atoms. The number of Topliss-reactive ketones (excluding diaryl/α,β-unsaturated/α-hetero) is 1. The molecule has 0 aliphatic carbocycles. The number of ketones is 1. The molecule has 0 atom stereocenters. The molecule has 30 heavy (non-hydrogen) atoms. The molecule has 0 saturated carbocycles. The van der Waals surface area contributed by atoms with Gasteiger partial charge in [-0.1, -0.05) is 29.8 Å². The van der Waals surface area contributed by atoms with E-state index in [2.05, 4.69) is 5.32 Å². The summed E-state index contributed by atoms with van der Waals surface area (Å²) in [5.74, 6) is -0.223. The van der Waals surface area contributed by atoms with Gasteiger partial charge in [-0.25, -0.2) is 12.8 Å². The van der Waals surface area contributed by atoms with Crippen LogP contribution < -0.4 is 9.62 Å². The Hall–Kier alpha value is -2.10. The molecule has 0 bridgehead atoms. The summed E-state index contributed by atoms with van der Waals surface area (Å²) < 4.78 is 39.0. The van der Waals surface area contributed by atoms with Crippen molar-refractivity contribution < 1.29 is 22.4 Å². The third-order valence-corrected chi connectivity index (χ3v) is 6.59. The average molecular weight is 473 g/mol. The lowest BCUT2D eigenvalue weighted by Gasteiger charge is -2.22. The monoisotopic (exact) mass is 472 g/mol. The van der Waals surface area contributed by atoms with Gasteiger partial charge in [0.05, 0.1) is 11.9 Å². The Balaban J connectivity index is 1.91. The lowest BCUT2D eigenvalue weighted by atomic mass is 10.1. The van der Waals surface area contributed by atoms with Gasteiger partial charge >= 0.3 is 0 Å². The van der Waals surface area contributed by atoms with Crippen LogP contribution >= 0.6 is 23.4 Å². The third kappa shape index (κ3) is 7.00. The number of benzene rings is 2. The number of nitrogens with zero attached hydrogens (tertiary/aromatic N) is 1. The van der Waals surface area contributed by atoms with E-state index in [0.29, 0.717) is 27.7 Å². The van der Waals surface area contributed by atoms with E-state index in [9.17, 15) is 22.4 Å². The van der Waals surface area contributed by atoms with Gasteiger partial charge in [0.15, 0.2) is 5.78 Å². The minimum absolute atomic E-state index is 0.207. The molecule has 0 unspecified atom stereocenters. The second-order valence-electron chi connectivity index (χ2n) is 6.48. The van der Waals surface area contributed by atoms with E-state index in [1.807, 2.05) is 0 Å². The highest BCUT2D eigenvalue weighted by Crippen LogP contribution is 2.23. The first-order chi connectivity index (χ1) is 14.1. The summed E-state index contributed by atoms with van der Waals surface area (Å²) in [7, 11) is -3.74. The van der Waals surface area contributed by atoms with Gasteiger partial charge in [-0.3, -0.25) is 13.9 Å². The van der Waals surface area contributed by atoms with Crippen molar-refractivity contribution in [3.05, 3.63) is 64.4 Å². The van der Waals surface area contributed by atoms with Gasteiger partial charge in [0.1, 0.15) is 12.4 Å². The first-order valence-corrected chi connectivity index (χ1v) is 12.3. The second-order valence-corrected chi connectivity index (χ2v) is 9.90. The van der Waals surface area contributed by atoms with E-state index >= 15 is 0 Å². The Bertz CT molecular complexity index is 1010. The Labute approximate surface area is 184 Å². The fourth-order valence-electron chi connectivity index (χ4n) is 2.57. The van der Waals surface area contributed by atoms with Crippen LogP contribution in [0.25, 0.3) is 0 Å². The lowest BCUT2D eigenvalue weighted by molar-refractivity contribution is -0.119. The van der Waals surface area contributed by atoms with E-state index in [0.717, 1.165) is 10.6 Å². The number of carbonyl (C=O) groups is 2. The largest absolute Gasteiger partial charge is 0.354 e. The van der Waals surface area contributed by atoms with Crippen molar-refractivity contribution in [2.75, 3.05) is 29.4 Å². The van der Waals surface area contributed by atoms with Crippen LogP contribution in [0.15, 0.2) is 42.5 Å². The van der Waals surface area contributed by atoms with Crippen LogP contribution in [0.3, 0.4) is 0 Å². The smallest absolute Gasteiger partial charge is 0.240 e. The van der Waals surface area contributed by atoms with Gasteiger partial charge in [-0.15, -0.1) is 0 Å². The Morgan fingerprint density at radius 2 is 1.90 bits per heavy atom. The number of hydrogen-bond acceptors (Lipinski definition) is 5. The number of hydrogen-bond donors (Lipinski definition) is 1. The van der Waals surface area contributed by atoms with Crippen LogP contribution in [0.5, 0.6) is 0 Å². The molecular formula is C20H22ClFN2O4S2. The second kappa shape index (κ2) is 10.8. The van der Waals surface area contributed by atoms with Crippen molar-refractivity contribution in [2.24, 2.45) is 0 Å². The van der Waals surface area contributed by atoms with Gasteiger partial charge in [0, 0.05) is 34.2 Å². The van der Waals surface area contributed by atoms with Crippen molar-refractivity contribution in [1.82, 2.24) is 5.32 Å². The molecule has 0 fully saturated rings. The predicted octanol–water partition coefficient (Wildman–Crippen LogP) is 3.50. The first-order valence-electron chi connectivity index (χ1n) is 8.95. The zero-order valence-corrected chi connectivity index (χ0v) is 18.9. The number of anilines is 1. The summed E-state index contributed by atoms with van der Waals surface area (Å²) in [6.07, 6.45) is 0.995. The van der Waals surface area contributed by atoms with Gasteiger partial charge in [0.25, 0.3) is 0 Å². The average Bonchev–Trinajstić information content (AvgIpc) is 2.67. The van der Waals surface area contributed by atoms with Crippen molar-refractivity contribution in [2.45, 2.75) is 12.7 Å². The summed E-state index contributed by atoms with van der Waals surface area (Å²) >= 11 is 7.37. The van der Waals surface area contributed by atoms with Crippen molar-refractivity contribution >= 4 is 50.8 Å². The minimum atomic E-state index is -3.74. The van der Waals surface area contributed by atoms with Crippen molar-refractivity contribution in [1.29, 1.82) is 0 Å². The van der Waals surface area contributed by atoms with Gasteiger partial charge in [-0.05, 0) is 31.2 Å². The number of carbonyl (C=O) groups excluding carboxylic acids is 2. The van der Waals surface area contributed by atoms with Crippen LogP contribution in [-0.2, 0) is 20.6 Å². The zero-order chi connectivity index (χ0) is 22.3. The molecule has 0 aromatic heterocycles. The zero-order valence-electron chi connectivity index (χ0n) is 16.5. The number of thioether (sulfide) groups is 1.